The third-order valence-electron chi connectivity index (χ3n) is 3.30. The number of aryl methyl sites for hydroxylation is 1. The van der Waals surface area contributed by atoms with E-state index < -0.39 is 6.10 Å². The number of hydrogen-bond donors (Lipinski definition) is 2. The van der Waals surface area contributed by atoms with Crippen molar-refractivity contribution in [3.8, 4) is 5.75 Å². The fourth-order valence-electron chi connectivity index (χ4n) is 1.90. The van der Waals surface area contributed by atoms with Gasteiger partial charge in [-0.15, -0.1) is 0 Å². The van der Waals surface area contributed by atoms with Crippen LogP contribution in [-0.2, 0) is 13.6 Å². The first-order chi connectivity index (χ1) is 10.1. The summed E-state index contributed by atoms with van der Waals surface area (Å²) < 4.78 is 7.32. The zero-order chi connectivity index (χ0) is 15.2. The molecule has 0 radical (unpaired) electrons. The van der Waals surface area contributed by atoms with Crippen molar-refractivity contribution in [2.75, 3.05) is 13.2 Å². The molecule has 0 aliphatic heterocycles. The second-order valence-corrected chi connectivity index (χ2v) is 5.31. The molecule has 0 aliphatic rings. The number of halogens is 1. The predicted octanol–water partition coefficient (Wildman–Crippen LogP) is 1.91. The fourth-order valence-corrected chi connectivity index (χ4v) is 2.09. The molecule has 2 rings (SSSR count). The predicted molar refractivity (Wildman–Crippen MR) is 82.6 cm³/mol. The summed E-state index contributed by atoms with van der Waals surface area (Å²) in [4.78, 5) is 0. The number of aromatic nitrogens is 2. The van der Waals surface area contributed by atoms with Crippen LogP contribution in [0.5, 0.6) is 5.75 Å². The van der Waals surface area contributed by atoms with Gasteiger partial charge >= 0.3 is 0 Å². The van der Waals surface area contributed by atoms with Crippen LogP contribution in [0.25, 0.3) is 0 Å². The second-order valence-electron chi connectivity index (χ2n) is 4.90. The maximum atomic E-state index is 9.90. The van der Waals surface area contributed by atoms with E-state index in [4.69, 9.17) is 16.3 Å². The van der Waals surface area contributed by atoms with Gasteiger partial charge in [-0.1, -0.05) is 23.7 Å². The largest absolute Gasteiger partial charge is 0.489 e. The number of para-hydroxylation sites is 1. The van der Waals surface area contributed by atoms with E-state index in [9.17, 15) is 5.11 Å². The van der Waals surface area contributed by atoms with Crippen molar-refractivity contribution in [3.63, 3.8) is 0 Å². The van der Waals surface area contributed by atoms with E-state index in [1.54, 1.807) is 12.1 Å². The van der Waals surface area contributed by atoms with Crippen molar-refractivity contribution in [1.29, 1.82) is 0 Å². The van der Waals surface area contributed by atoms with Gasteiger partial charge in [0.2, 0.25) is 0 Å². The molecule has 2 N–H and O–H groups in total. The summed E-state index contributed by atoms with van der Waals surface area (Å²) in [6.07, 6.45) is 1.23. The minimum Gasteiger partial charge on any atom is -0.489 e. The highest BCUT2D eigenvalue weighted by atomic mass is 35.5. The van der Waals surface area contributed by atoms with E-state index in [1.807, 2.05) is 37.0 Å². The Hall–Kier alpha value is -1.56. The molecule has 0 saturated heterocycles. The van der Waals surface area contributed by atoms with Gasteiger partial charge in [-0.2, -0.15) is 5.10 Å². The average Bonchev–Trinajstić information content (AvgIpc) is 2.78. The summed E-state index contributed by atoms with van der Waals surface area (Å²) in [5.41, 5.74) is 2.24. The van der Waals surface area contributed by atoms with Crippen LogP contribution in [0.3, 0.4) is 0 Å². The van der Waals surface area contributed by atoms with E-state index in [0.29, 0.717) is 23.9 Å². The summed E-state index contributed by atoms with van der Waals surface area (Å²) in [5, 5.41) is 17.8. The van der Waals surface area contributed by atoms with E-state index >= 15 is 0 Å². The Morgan fingerprint density at radius 2 is 2.19 bits per heavy atom. The molecule has 2 aromatic rings. The van der Waals surface area contributed by atoms with Gasteiger partial charge in [-0.3, -0.25) is 4.68 Å². The normalized spacial score (nSPS) is 12.4. The number of nitrogens with one attached hydrogen (secondary N) is 1. The lowest BCUT2D eigenvalue weighted by atomic mass is 10.2. The highest BCUT2D eigenvalue weighted by Gasteiger charge is 2.08. The summed E-state index contributed by atoms with van der Waals surface area (Å²) in [7, 11) is 1.91. The zero-order valence-electron chi connectivity index (χ0n) is 12.2. The minimum atomic E-state index is -0.599. The molecule has 0 spiro atoms. The molecule has 1 heterocycles. The fraction of sp³-hybridized carbons (Fsp3) is 0.400. The SMILES string of the molecule is Cc1c(CNCC(O)COc2ccccc2Cl)cnn1C. The van der Waals surface area contributed by atoms with Gasteiger partial charge in [0, 0.05) is 31.4 Å². The van der Waals surface area contributed by atoms with Crippen molar-refractivity contribution in [3.05, 3.63) is 46.7 Å². The number of hydrogen-bond acceptors (Lipinski definition) is 4. The summed E-state index contributed by atoms with van der Waals surface area (Å²) in [6.45, 7) is 3.32. The van der Waals surface area contributed by atoms with Crippen LogP contribution >= 0.6 is 11.6 Å². The molecule has 21 heavy (non-hydrogen) atoms. The maximum absolute atomic E-state index is 9.90. The van der Waals surface area contributed by atoms with Crippen LogP contribution in [0, 0.1) is 6.92 Å². The third kappa shape index (κ3) is 4.46. The van der Waals surface area contributed by atoms with E-state index in [1.165, 1.54) is 0 Å². The number of aliphatic hydroxyl groups is 1. The Kier molecular flexibility index (Phi) is 5.61. The van der Waals surface area contributed by atoms with Gasteiger partial charge in [-0.25, -0.2) is 0 Å². The lowest BCUT2D eigenvalue weighted by molar-refractivity contribution is 0.106. The molecular weight excluding hydrogens is 290 g/mol. The molecule has 0 saturated carbocycles. The smallest absolute Gasteiger partial charge is 0.138 e. The maximum Gasteiger partial charge on any atom is 0.138 e. The van der Waals surface area contributed by atoms with Crippen molar-refractivity contribution in [1.82, 2.24) is 15.1 Å². The van der Waals surface area contributed by atoms with Crippen LogP contribution in [0.2, 0.25) is 5.02 Å². The Labute approximate surface area is 129 Å². The quantitative estimate of drug-likeness (QED) is 0.820. The third-order valence-corrected chi connectivity index (χ3v) is 3.61. The molecule has 0 aliphatic carbocycles. The van der Waals surface area contributed by atoms with Crippen molar-refractivity contribution < 1.29 is 9.84 Å². The highest BCUT2D eigenvalue weighted by Crippen LogP contribution is 2.23. The Bertz CT molecular complexity index is 586. The van der Waals surface area contributed by atoms with Crippen LogP contribution in [0.15, 0.2) is 30.5 Å². The van der Waals surface area contributed by atoms with Crippen LogP contribution in [0.4, 0.5) is 0 Å². The van der Waals surface area contributed by atoms with Gasteiger partial charge in [0.25, 0.3) is 0 Å². The van der Waals surface area contributed by atoms with E-state index in [2.05, 4.69) is 10.4 Å². The van der Waals surface area contributed by atoms with Gasteiger partial charge in [-0.05, 0) is 19.1 Å². The van der Waals surface area contributed by atoms with Gasteiger partial charge in [0.1, 0.15) is 18.5 Å². The van der Waals surface area contributed by atoms with Gasteiger partial charge in [0.05, 0.1) is 11.2 Å². The van der Waals surface area contributed by atoms with E-state index in [-0.39, 0.29) is 6.61 Å². The summed E-state index contributed by atoms with van der Waals surface area (Å²) in [6, 6.07) is 7.22. The van der Waals surface area contributed by atoms with Gasteiger partial charge < -0.3 is 15.2 Å². The van der Waals surface area contributed by atoms with Crippen LogP contribution in [0.1, 0.15) is 11.3 Å². The number of benzene rings is 1. The van der Waals surface area contributed by atoms with Gasteiger partial charge in [0.15, 0.2) is 0 Å². The summed E-state index contributed by atoms with van der Waals surface area (Å²) in [5.74, 6) is 0.585. The molecule has 0 bridgehead atoms. The van der Waals surface area contributed by atoms with Crippen molar-refractivity contribution in [2.45, 2.75) is 19.6 Å². The standard InChI is InChI=1S/C15H20ClN3O2/c1-11-12(8-18-19(11)2)7-17-9-13(20)10-21-15-6-4-3-5-14(15)16/h3-6,8,13,17,20H,7,9-10H2,1-2H3. The first-order valence-electron chi connectivity index (χ1n) is 6.81. The van der Waals surface area contributed by atoms with Crippen molar-refractivity contribution in [2.24, 2.45) is 7.05 Å². The molecule has 6 heteroatoms. The first-order valence-corrected chi connectivity index (χ1v) is 7.19. The molecule has 0 amide bonds. The molecular formula is C15H20ClN3O2. The number of aliphatic hydroxyl groups excluding tert-OH is 1. The Morgan fingerprint density at radius 1 is 1.43 bits per heavy atom. The molecule has 1 aromatic carbocycles. The van der Waals surface area contributed by atoms with Crippen molar-refractivity contribution >= 4 is 11.6 Å². The zero-order valence-corrected chi connectivity index (χ0v) is 13.0. The summed E-state index contributed by atoms with van der Waals surface area (Å²) >= 11 is 5.98. The lowest BCUT2D eigenvalue weighted by Gasteiger charge is -2.14. The minimum absolute atomic E-state index is 0.197. The molecule has 0 fully saturated rings. The number of ether oxygens (including phenoxy) is 1. The number of nitrogens with zero attached hydrogens (tertiary/aromatic N) is 2. The van der Waals surface area contributed by atoms with E-state index in [0.717, 1.165) is 11.3 Å². The van der Waals surface area contributed by atoms with Crippen LogP contribution in [-0.4, -0.2) is 34.1 Å². The molecule has 1 unspecified atom stereocenters. The molecule has 5 nitrogen and oxygen atoms in total. The molecule has 1 aromatic heterocycles. The molecule has 1 atom stereocenters. The highest BCUT2D eigenvalue weighted by molar-refractivity contribution is 6.32. The second kappa shape index (κ2) is 7.45. The monoisotopic (exact) mass is 309 g/mol. The Balaban J connectivity index is 1.72. The topological polar surface area (TPSA) is 59.3 Å². The average molecular weight is 310 g/mol. The van der Waals surface area contributed by atoms with Crippen LogP contribution < -0.4 is 10.1 Å². The Morgan fingerprint density at radius 3 is 2.86 bits per heavy atom. The lowest BCUT2D eigenvalue weighted by Crippen LogP contribution is -2.31. The number of rotatable bonds is 7. The first kappa shape index (κ1) is 15.8. The molecule has 114 valence electrons.